The summed E-state index contributed by atoms with van der Waals surface area (Å²) >= 11 is -1.23. The molecular formula is C16H18N2O2S. The normalized spacial score (nSPS) is 12.0. The summed E-state index contributed by atoms with van der Waals surface area (Å²) in [4.78, 5) is 12.7. The third-order valence-electron chi connectivity index (χ3n) is 3.23. The average Bonchev–Trinajstić information content (AvgIpc) is 2.50. The predicted octanol–water partition coefficient (Wildman–Crippen LogP) is 2.37. The molecule has 2 rings (SSSR count). The fourth-order valence-corrected chi connectivity index (χ4v) is 2.97. The van der Waals surface area contributed by atoms with E-state index < -0.39 is 11.2 Å². The first-order valence-electron chi connectivity index (χ1n) is 6.60. The molecule has 5 heteroatoms. The van der Waals surface area contributed by atoms with Gasteiger partial charge in [-0.1, -0.05) is 6.07 Å². The second-order valence-electron chi connectivity index (χ2n) is 4.79. The number of anilines is 1. The fraction of sp³-hybridized carbons (Fsp3) is 0.188. The lowest BCUT2D eigenvalue weighted by Gasteiger charge is -2.12. The summed E-state index contributed by atoms with van der Waals surface area (Å²) in [6, 6.07) is 12.7. The van der Waals surface area contributed by atoms with Gasteiger partial charge in [-0.25, -0.2) is 0 Å². The van der Waals surface area contributed by atoms with Crippen LogP contribution in [0.25, 0.3) is 0 Å². The van der Waals surface area contributed by atoms with Crippen molar-refractivity contribution < 1.29 is 9.35 Å². The van der Waals surface area contributed by atoms with E-state index in [0.29, 0.717) is 10.6 Å². The monoisotopic (exact) mass is 302 g/mol. The van der Waals surface area contributed by atoms with Crippen molar-refractivity contribution in [3.8, 4) is 0 Å². The number of nitrogens with two attached hydrogens (primary N) is 1. The van der Waals surface area contributed by atoms with Crippen molar-refractivity contribution in [2.24, 2.45) is 5.73 Å². The van der Waals surface area contributed by atoms with Crippen LogP contribution in [0.4, 0.5) is 5.69 Å². The Morgan fingerprint density at radius 3 is 2.29 bits per heavy atom. The van der Waals surface area contributed by atoms with Gasteiger partial charge in [-0.2, -0.15) is 0 Å². The molecule has 0 bridgehead atoms. The highest BCUT2D eigenvalue weighted by atomic mass is 32.2. The maximum Gasteiger partial charge on any atom is 0.238 e. The van der Waals surface area contributed by atoms with E-state index in [9.17, 15) is 9.35 Å². The molecule has 0 saturated carbocycles. The van der Waals surface area contributed by atoms with Crippen LogP contribution in [0.1, 0.15) is 11.1 Å². The molecule has 2 aromatic rings. The molecular weight excluding hydrogens is 284 g/mol. The Labute approximate surface area is 127 Å². The molecule has 1 unspecified atom stereocenters. The molecule has 0 spiro atoms. The third-order valence-corrected chi connectivity index (χ3v) is 4.61. The summed E-state index contributed by atoms with van der Waals surface area (Å²) in [5.74, 6) is -0.252. The second kappa shape index (κ2) is 6.76. The molecule has 0 aliphatic carbocycles. The molecule has 0 fully saturated rings. The molecule has 3 N–H and O–H groups in total. The minimum absolute atomic E-state index is 0.0592. The predicted molar refractivity (Wildman–Crippen MR) is 84.7 cm³/mol. The van der Waals surface area contributed by atoms with Crippen molar-refractivity contribution in [2.45, 2.75) is 23.6 Å². The van der Waals surface area contributed by atoms with Crippen LogP contribution >= 0.6 is 0 Å². The van der Waals surface area contributed by atoms with Crippen molar-refractivity contribution in [3.05, 3.63) is 53.6 Å². The zero-order valence-electron chi connectivity index (χ0n) is 12.1. The molecule has 0 heterocycles. The summed E-state index contributed by atoms with van der Waals surface area (Å²) < 4.78 is 12.5. The maximum absolute atomic E-state index is 12.5. The first kappa shape index (κ1) is 15.6. The molecule has 4 nitrogen and oxygen atoms in total. The average molecular weight is 302 g/mol. The van der Waals surface area contributed by atoms with Gasteiger partial charge in [-0.15, -0.1) is 0 Å². The minimum atomic E-state index is -1.23. The lowest BCUT2D eigenvalue weighted by molar-refractivity contribution is -0.114. The number of nitrogens with one attached hydrogen (secondary N) is 1. The van der Waals surface area contributed by atoms with Crippen molar-refractivity contribution in [2.75, 3.05) is 11.9 Å². The minimum Gasteiger partial charge on any atom is -0.606 e. The highest BCUT2D eigenvalue weighted by Gasteiger charge is 2.15. The number of benzene rings is 2. The van der Waals surface area contributed by atoms with Gasteiger partial charge in [0.05, 0.1) is 6.54 Å². The van der Waals surface area contributed by atoms with Gasteiger partial charge >= 0.3 is 0 Å². The lowest BCUT2D eigenvalue weighted by Crippen LogP contribution is -2.21. The number of carbonyl (C=O) groups is 1. The van der Waals surface area contributed by atoms with Crippen LogP contribution in [-0.4, -0.2) is 17.0 Å². The quantitative estimate of drug-likeness (QED) is 0.851. The van der Waals surface area contributed by atoms with Gasteiger partial charge < -0.3 is 15.6 Å². The number of carbonyl (C=O) groups excluding carboxylic acids is 1. The van der Waals surface area contributed by atoms with E-state index in [1.807, 2.05) is 32.0 Å². The molecule has 21 heavy (non-hydrogen) atoms. The zero-order valence-corrected chi connectivity index (χ0v) is 12.9. The standard InChI is InChI=1S/C16H18N2O2S/c1-11-3-6-15(9-12(11)2)21(20)14-7-4-13(5-8-14)18-16(19)10-17/h3-9H,10,17H2,1-2H3,(H,18,19). The first-order chi connectivity index (χ1) is 10.0. The molecule has 2 aromatic carbocycles. The highest BCUT2D eigenvalue weighted by molar-refractivity contribution is 7.91. The Morgan fingerprint density at radius 1 is 1.10 bits per heavy atom. The van der Waals surface area contributed by atoms with Gasteiger partial charge in [-0.3, -0.25) is 4.79 Å². The number of aryl methyl sites for hydroxylation is 2. The maximum atomic E-state index is 12.5. The molecule has 0 aromatic heterocycles. The molecule has 1 atom stereocenters. The molecule has 0 aliphatic rings. The summed E-state index contributed by atoms with van der Waals surface area (Å²) in [5, 5.41) is 2.65. The SMILES string of the molecule is Cc1ccc([S+]([O-])c2ccc(NC(=O)CN)cc2)cc1C. The lowest BCUT2D eigenvalue weighted by atomic mass is 10.1. The third kappa shape index (κ3) is 3.85. The Morgan fingerprint density at radius 2 is 1.71 bits per heavy atom. The van der Waals surface area contributed by atoms with Gasteiger partial charge in [0.15, 0.2) is 9.79 Å². The molecule has 110 valence electrons. The van der Waals surface area contributed by atoms with Crippen LogP contribution in [0, 0.1) is 13.8 Å². The van der Waals surface area contributed by atoms with Gasteiger partial charge in [0.1, 0.15) is 0 Å². The van der Waals surface area contributed by atoms with Gasteiger partial charge in [-0.05, 0) is 61.4 Å². The number of hydrogen-bond donors (Lipinski definition) is 2. The Balaban J connectivity index is 2.17. The number of hydrogen-bond acceptors (Lipinski definition) is 3. The second-order valence-corrected chi connectivity index (χ2v) is 6.27. The number of rotatable bonds is 4. The Hall–Kier alpha value is -1.82. The number of amides is 1. The van der Waals surface area contributed by atoms with Crippen LogP contribution in [0.2, 0.25) is 0 Å². The Kier molecular flexibility index (Phi) is 5.01. The van der Waals surface area contributed by atoms with Crippen LogP contribution in [0.15, 0.2) is 52.3 Å². The van der Waals surface area contributed by atoms with Crippen molar-refractivity contribution >= 4 is 22.8 Å². The smallest absolute Gasteiger partial charge is 0.238 e. The van der Waals surface area contributed by atoms with Crippen LogP contribution < -0.4 is 11.1 Å². The van der Waals surface area contributed by atoms with Crippen LogP contribution in [0.3, 0.4) is 0 Å². The molecule has 0 radical (unpaired) electrons. The molecule has 0 aliphatic heterocycles. The molecule has 0 saturated heterocycles. The largest absolute Gasteiger partial charge is 0.606 e. The van der Waals surface area contributed by atoms with Crippen molar-refractivity contribution in [3.63, 3.8) is 0 Å². The van der Waals surface area contributed by atoms with E-state index in [-0.39, 0.29) is 12.5 Å². The summed E-state index contributed by atoms with van der Waals surface area (Å²) in [6.07, 6.45) is 0. The highest BCUT2D eigenvalue weighted by Crippen LogP contribution is 2.24. The molecule has 1 amide bonds. The van der Waals surface area contributed by atoms with Gasteiger partial charge in [0.2, 0.25) is 5.91 Å². The van der Waals surface area contributed by atoms with Crippen molar-refractivity contribution in [1.29, 1.82) is 0 Å². The van der Waals surface area contributed by atoms with Crippen LogP contribution in [-0.2, 0) is 16.0 Å². The van der Waals surface area contributed by atoms with Gasteiger partial charge in [0, 0.05) is 16.9 Å². The first-order valence-corrected chi connectivity index (χ1v) is 7.75. The van der Waals surface area contributed by atoms with E-state index >= 15 is 0 Å². The van der Waals surface area contributed by atoms with E-state index in [1.165, 1.54) is 5.56 Å². The van der Waals surface area contributed by atoms with E-state index in [2.05, 4.69) is 5.32 Å². The summed E-state index contributed by atoms with van der Waals surface area (Å²) in [7, 11) is 0. The Bertz CT molecular complexity index is 641. The van der Waals surface area contributed by atoms with E-state index in [4.69, 9.17) is 5.73 Å². The van der Waals surface area contributed by atoms with Crippen LogP contribution in [0.5, 0.6) is 0 Å². The van der Waals surface area contributed by atoms with Gasteiger partial charge in [0.25, 0.3) is 0 Å². The van der Waals surface area contributed by atoms with E-state index in [0.717, 1.165) is 10.5 Å². The van der Waals surface area contributed by atoms with E-state index in [1.54, 1.807) is 24.3 Å². The zero-order chi connectivity index (χ0) is 15.4. The van der Waals surface area contributed by atoms with Crippen molar-refractivity contribution in [1.82, 2.24) is 0 Å². The fourth-order valence-electron chi connectivity index (χ4n) is 1.84. The summed E-state index contributed by atoms with van der Waals surface area (Å²) in [6.45, 7) is 3.97. The topological polar surface area (TPSA) is 78.2 Å². The summed E-state index contributed by atoms with van der Waals surface area (Å²) in [5.41, 5.74) is 8.18.